The zero-order valence-electron chi connectivity index (χ0n) is 14.0. The Bertz CT molecular complexity index is 592. The molecular weight excluding hydrogens is 415 g/mol. The minimum absolute atomic E-state index is 0. The number of hydrogen-bond donors (Lipinski definition) is 2. The number of nitrogens with one attached hydrogen (secondary N) is 2. The molecule has 1 aliphatic rings. The molecule has 1 aliphatic heterocycles. The van der Waals surface area contributed by atoms with Crippen LogP contribution in [0.15, 0.2) is 29.3 Å². The normalized spacial score (nSPS) is 14.6. The Balaban J connectivity index is 0.00000288. The topological polar surface area (TPSA) is 56.7 Å². The Morgan fingerprint density at radius 3 is 2.67 bits per heavy atom. The van der Waals surface area contributed by atoms with Crippen molar-refractivity contribution in [2.24, 2.45) is 4.99 Å². The third kappa shape index (κ3) is 6.04. The molecule has 0 unspecified atom stereocenters. The molecule has 0 bridgehead atoms. The van der Waals surface area contributed by atoms with E-state index in [1.54, 1.807) is 0 Å². The molecule has 1 saturated heterocycles. The molecular formula is C18H25IN4O. The maximum atomic E-state index is 11.9. The van der Waals surface area contributed by atoms with Crippen molar-refractivity contribution in [3.05, 3.63) is 29.8 Å². The number of aliphatic imine (C=N–C) groups is 1. The molecule has 0 aromatic heterocycles. The second-order valence-corrected chi connectivity index (χ2v) is 5.42. The van der Waals surface area contributed by atoms with Crippen LogP contribution in [0.3, 0.4) is 0 Å². The largest absolute Gasteiger partial charge is 0.357 e. The molecule has 1 aromatic carbocycles. The van der Waals surface area contributed by atoms with Crippen LogP contribution in [0.1, 0.15) is 31.7 Å². The smallest absolute Gasteiger partial charge is 0.226 e. The van der Waals surface area contributed by atoms with Crippen molar-refractivity contribution in [1.82, 2.24) is 10.6 Å². The van der Waals surface area contributed by atoms with E-state index in [4.69, 9.17) is 6.42 Å². The third-order valence-electron chi connectivity index (χ3n) is 3.69. The van der Waals surface area contributed by atoms with E-state index in [0.29, 0.717) is 25.5 Å². The molecule has 0 spiro atoms. The van der Waals surface area contributed by atoms with Gasteiger partial charge in [-0.2, -0.15) is 0 Å². The first-order valence-corrected chi connectivity index (χ1v) is 8.09. The monoisotopic (exact) mass is 440 g/mol. The summed E-state index contributed by atoms with van der Waals surface area (Å²) in [5, 5.41) is 6.21. The van der Waals surface area contributed by atoms with Gasteiger partial charge in [0.05, 0.1) is 13.1 Å². The first-order valence-electron chi connectivity index (χ1n) is 8.09. The van der Waals surface area contributed by atoms with Gasteiger partial charge in [-0.15, -0.1) is 30.4 Å². The van der Waals surface area contributed by atoms with Crippen molar-refractivity contribution in [3.63, 3.8) is 0 Å². The number of halogens is 1. The molecule has 0 atom stereocenters. The number of anilines is 1. The van der Waals surface area contributed by atoms with Gasteiger partial charge in [-0.05, 0) is 37.5 Å². The molecule has 6 heteroatoms. The van der Waals surface area contributed by atoms with Gasteiger partial charge < -0.3 is 15.5 Å². The number of hydrogen-bond acceptors (Lipinski definition) is 2. The lowest BCUT2D eigenvalue weighted by atomic mass is 10.1. The van der Waals surface area contributed by atoms with Crippen LogP contribution in [0.2, 0.25) is 0 Å². The van der Waals surface area contributed by atoms with Gasteiger partial charge in [0, 0.05) is 25.2 Å². The summed E-state index contributed by atoms with van der Waals surface area (Å²) >= 11 is 0. The van der Waals surface area contributed by atoms with Gasteiger partial charge in [0.25, 0.3) is 0 Å². The number of amides is 1. The SMILES string of the molecule is C#CCNC(=NCc1ccc(N2CCCCC2=O)cc1)NCC.I. The fraction of sp³-hybridized carbons (Fsp3) is 0.444. The van der Waals surface area contributed by atoms with Crippen LogP contribution >= 0.6 is 24.0 Å². The van der Waals surface area contributed by atoms with Gasteiger partial charge in [0.1, 0.15) is 0 Å². The molecule has 2 rings (SSSR count). The van der Waals surface area contributed by atoms with Crippen LogP contribution in [0.4, 0.5) is 5.69 Å². The van der Waals surface area contributed by atoms with Crippen molar-refractivity contribution in [1.29, 1.82) is 0 Å². The van der Waals surface area contributed by atoms with E-state index in [1.807, 2.05) is 36.1 Å². The lowest BCUT2D eigenvalue weighted by Crippen LogP contribution is -2.37. The van der Waals surface area contributed by atoms with E-state index < -0.39 is 0 Å². The molecule has 0 radical (unpaired) electrons. The Labute approximate surface area is 161 Å². The van der Waals surface area contributed by atoms with Crippen molar-refractivity contribution in [2.75, 3.05) is 24.5 Å². The standard InChI is InChI=1S/C18H24N4O.HI/c1-3-12-20-18(19-4-2)21-14-15-8-10-16(11-9-15)22-13-6-5-7-17(22)23;/h1,8-11H,4-7,12-14H2,2H3,(H2,19,20,21);1H. The maximum Gasteiger partial charge on any atom is 0.226 e. The summed E-state index contributed by atoms with van der Waals surface area (Å²) in [6, 6.07) is 8.03. The molecule has 5 nitrogen and oxygen atoms in total. The van der Waals surface area contributed by atoms with E-state index in [1.165, 1.54) is 0 Å². The Morgan fingerprint density at radius 1 is 1.29 bits per heavy atom. The van der Waals surface area contributed by atoms with Crippen molar-refractivity contribution in [2.45, 2.75) is 32.7 Å². The zero-order valence-corrected chi connectivity index (χ0v) is 16.4. The van der Waals surface area contributed by atoms with E-state index in [9.17, 15) is 4.79 Å². The number of nitrogens with zero attached hydrogens (tertiary/aromatic N) is 2. The molecule has 0 aliphatic carbocycles. The highest BCUT2D eigenvalue weighted by Crippen LogP contribution is 2.21. The predicted molar refractivity (Wildman–Crippen MR) is 110 cm³/mol. The molecule has 1 fully saturated rings. The third-order valence-corrected chi connectivity index (χ3v) is 3.69. The van der Waals surface area contributed by atoms with Crippen molar-refractivity contribution >= 4 is 41.5 Å². The maximum absolute atomic E-state index is 11.9. The average molecular weight is 440 g/mol. The highest BCUT2D eigenvalue weighted by Gasteiger charge is 2.19. The number of terminal acetylenes is 1. The van der Waals surface area contributed by atoms with Gasteiger partial charge in [0.15, 0.2) is 5.96 Å². The molecule has 1 aromatic rings. The summed E-state index contributed by atoms with van der Waals surface area (Å²) in [5.74, 6) is 3.46. The average Bonchev–Trinajstić information content (AvgIpc) is 2.58. The summed E-state index contributed by atoms with van der Waals surface area (Å²) < 4.78 is 0. The lowest BCUT2D eigenvalue weighted by Gasteiger charge is -2.26. The van der Waals surface area contributed by atoms with Gasteiger partial charge in [0.2, 0.25) is 5.91 Å². The highest BCUT2D eigenvalue weighted by molar-refractivity contribution is 14.0. The number of guanidine groups is 1. The lowest BCUT2D eigenvalue weighted by molar-refractivity contribution is -0.119. The minimum atomic E-state index is 0. The van der Waals surface area contributed by atoms with Crippen LogP contribution in [-0.2, 0) is 11.3 Å². The second kappa shape index (κ2) is 10.9. The van der Waals surface area contributed by atoms with Crippen LogP contribution in [0.25, 0.3) is 0 Å². The van der Waals surface area contributed by atoms with Crippen LogP contribution in [0.5, 0.6) is 0 Å². The summed E-state index contributed by atoms with van der Waals surface area (Å²) in [5.41, 5.74) is 2.07. The molecule has 1 amide bonds. The summed E-state index contributed by atoms with van der Waals surface area (Å²) in [6.07, 6.45) is 7.98. The zero-order chi connectivity index (χ0) is 16.5. The summed E-state index contributed by atoms with van der Waals surface area (Å²) in [6.45, 7) is 4.62. The fourth-order valence-electron chi connectivity index (χ4n) is 2.51. The van der Waals surface area contributed by atoms with Crippen molar-refractivity contribution < 1.29 is 4.79 Å². The van der Waals surface area contributed by atoms with Crippen LogP contribution in [0, 0.1) is 12.3 Å². The first-order chi connectivity index (χ1) is 11.2. The highest BCUT2D eigenvalue weighted by atomic mass is 127. The number of rotatable bonds is 5. The van der Waals surface area contributed by atoms with E-state index >= 15 is 0 Å². The number of carbonyl (C=O) groups is 1. The Hall–Kier alpha value is -1.75. The molecule has 0 saturated carbocycles. The van der Waals surface area contributed by atoms with E-state index in [0.717, 1.165) is 37.2 Å². The Kier molecular flexibility index (Phi) is 9.23. The number of carbonyl (C=O) groups excluding carboxylic acids is 1. The van der Waals surface area contributed by atoms with Crippen molar-refractivity contribution in [3.8, 4) is 12.3 Å². The van der Waals surface area contributed by atoms with Gasteiger partial charge >= 0.3 is 0 Å². The predicted octanol–water partition coefficient (Wildman–Crippen LogP) is 2.51. The fourth-order valence-corrected chi connectivity index (χ4v) is 2.51. The summed E-state index contributed by atoms with van der Waals surface area (Å²) in [4.78, 5) is 18.3. The number of piperidine rings is 1. The van der Waals surface area contributed by atoms with Crippen LogP contribution < -0.4 is 15.5 Å². The van der Waals surface area contributed by atoms with E-state index in [2.05, 4.69) is 21.5 Å². The van der Waals surface area contributed by atoms with Gasteiger partial charge in [-0.1, -0.05) is 18.1 Å². The Morgan fingerprint density at radius 2 is 2.04 bits per heavy atom. The second-order valence-electron chi connectivity index (χ2n) is 5.42. The quantitative estimate of drug-likeness (QED) is 0.320. The molecule has 2 N–H and O–H groups in total. The number of benzene rings is 1. The molecule has 1 heterocycles. The van der Waals surface area contributed by atoms with Crippen LogP contribution in [-0.4, -0.2) is 31.5 Å². The molecule has 24 heavy (non-hydrogen) atoms. The molecule has 130 valence electrons. The van der Waals surface area contributed by atoms with Gasteiger partial charge in [-0.25, -0.2) is 4.99 Å². The first kappa shape index (κ1) is 20.3. The minimum Gasteiger partial charge on any atom is -0.357 e. The summed E-state index contributed by atoms with van der Waals surface area (Å²) in [7, 11) is 0. The van der Waals surface area contributed by atoms with Gasteiger partial charge in [-0.3, -0.25) is 4.79 Å². The van der Waals surface area contributed by atoms with E-state index in [-0.39, 0.29) is 29.9 Å².